The average molecular weight is 210 g/mol. The minimum absolute atomic E-state index is 0.0178. The lowest BCUT2D eigenvalue weighted by Gasteiger charge is -2.26. The third-order valence-electron chi connectivity index (χ3n) is 2.08. The van der Waals surface area contributed by atoms with Gasteiger partial charge >= 0.3 is 0 Å². The Morgan fingerprint density at radius 2 is 2.36 bits per heavy atom. The summed E-state index contributed by atoms with van der Waals surface area (Å²) in [4.78, 5) is 24.0. The normalized spacial score (nSPS) is 17.0. The van der Waals surface area contributed by atoms with Gasteiger partial charge in [0.1, 0.15) is 0 Å². The van der Waals surface area contributed by atoms with Gasteiger partial charge in [0.05, 0.1) is 13.1 Å². The summed E-state index contributed by atoms with van der Waals surface area (Å²) < 4.78 is 0. The highest BCUT2D eigenvalue weighted by molar-refractivity contribution is 7.07. The van der Waals surface area contributed by atoms with Crippen LogP contribution in [0.5, 0.6) is 0 Å². The predicted molar refractivity (Wildman–Crippen MR) is 52.7 cm³/mol. The number of carbonyl (C=O) groups excluding carboxylic acids is 2. The van der Waals surface area contributed by atoms with Gasteiger partial charge in [-0.2, -0.15) is 11.3 Å². The zero-order valence-electron chi connectivity index (χ0n) is 7.53. The predicted octanol–water partition coefficient (Wildman–Crippen LogP) is 0.207. The largest absolute Gasteiger partial charge is 0.345 e. The molecule has 74 valence electrons. The summed E-state index contributed by atoms with van der Waals surface area (Å²) in [6, 6.07) is 1.96. The highest BCUT2D eigenvalue weighted by Crippen LogP contribution is 2.10. The Morgan fingerprint density at radius 3 is 3.07 bits per heavy atom. The molecule has 1 N–H and O–H groups in total. The van der Waals surface area contributed by atoms with Gasteiger partial charge in [-0.1, -0.05) is 0 Å². The van der Waals surface area contributed by atoms with Crippen LogP contribution in [-0.2, 0) is 16.1 Å². The van der Waals surface area contributed by atoms with E-state index in [4.69, 9.17) is 0 Å². The quantitative estimate of drug-likeness (QED) is 0.758. The molecule has 0 spiro atoms. The lowest BCUT2D eigenvalue weighted by Crippen LogP contribution is -2.50. The van der Waals surface area contributed by atoms with Crippen molar-refractivity contribution < 1.29 is 9.59 Å². The van der Waals surface area contributed by atoms with Gasteiger partial charge in [0, 0.05) is 6.54 Å². The fourth-order valence-corrected chi connectivity index (χ4v) is 2.01. The van der Waals surface area contributed by atoms with Gasteiger partial charge in [-0.3, -0.25) is 9.59 Å². The second-order valence-electron chi connectivity index (χ2n) is 3.16. The maximum Gasteiger partial charge on any atom is 0.242 e. The van der Waals surface area contributed by atoms with E-state index in [0.717, 1.165) is 5.56 Å². The molecule has 0 unspecified atom stereocenters. The van der Waals surface area contributed by atoms with Crippen molar-refractivity contribution in [2.75, 3.05) is 13.1 Å². The summed E-state index contributed by atoms with van der Waals surface area (Å²) in [5, 5.41) is 6.46. The number of hydrogen-bond donors (Lipinski definition) is 1. The van der Waals surface area contributed by atoms with E-state index in [1.807, 2.05) is 16.8 Å². The molecule has 1 aromatic rings. The Labute approximate surface area is 85.5 Å². The van der Waals surface area contributed by atoms with Crippen LogP contribution in [0.4, 0.5) is 0 Å². The topological polar surface area (TPSA) is 49.4 Å². The summed E-state index contributed by atoms with van der Waals surface area (Å²) in [5.41, 5.74) is 1.08. The van der Waals surface area contributed by atoms with Crippen LogP contribution >= 0.6 is 11.3 Å². The molecule has 1 fully saturated rings. The smallest absolute Gasteiger partial charge is 0.242 e. The van der Waals surface area contributed by atoms with Crippen molar-refractivity contribution in [2.24, 2.45) is 0 Å². The van der Waals surface area contributed by atoms with Gasteiger partial charge in [-0.05, 0) is 22.4 Å². The van der Waals surface area contributed by atoms with Crippen LogP contribution in [0.15, 0.2) is 16.8 Å². The zero-order chi connectivity index (χ0) is 9.97. The minimum Gasteiger partial charge on any atom is -0.345 e. The van der Waals surface area contributed by atoms with Gasteiger partial charge < -0.3 is 10.2 Å². The SMILES string of the molecule is O=C1CN(Cc2ccsc2)C(=O)CN1. The molecule has 2 amide bonds. The van der Waals surface area contributed by atoms with E-state index >= 15 is 0 Å². The van der Waals surface area contributed by atoms with E-state index in [-0.39, 0.29) is 24.9 Å². The third kappa shape index (κ3) is 1.93. The van der Waals surface area contributed by atoms with Gasteiger partial charge in [0.2, 0.25) is 11.8 Å². The molecular weight excluding hydrogens is 200 g/mol. The Morgan fingerprint density at radius 1 is 1.50 bits per heavy atom. The maximum atomic E-state index is 11.4. The van der Waals surface area contributed by atoms with E-state index in [1.54, 1.807) is 16.2 Å². The summed E-state index contributed by atoms with van der Waals surface area (Å²) in [6.45, 7) is 0.841. The highest BCUT2D eigenvalue weighted by atomic mass is 32.1. The van der Waals surface area contributed by atoms with Gasteiger partial charge in [0.25, 0.3) is 0 Å². The van der Waals surface area contributed by atoms with Crippen molar-refractivity contribution in [3.8, 4) is 0 Å². The molecule has 0 bridgehead atoms. The first-order valence-corrected chi connectivity index (χ1v) is 5.25. The van der Waals surface area contributed by atoms with Crippen LogP contribution in [0.2, 0.25) is 0 Å². The van der Waals surface area contributed by atoms with E-state index in [0.29, 0.717) is 6.54 Å². The van der Waals surface area contributed by atoms with E-state index in [1.165, 1.54) is 0 Å². The second-order valence-corrected chi connectivity index (χ2v) is 3.94. The lowest BCUT2D eigenvalue weighted by molar-refractivity contribution is -0.141. The number of nitrogens with zero attached hydrogens (tertiary/aromatic N) is 1. The molecule has 0 saturated carbocycles. The molecule has 0 radical (unpaired) electrons. The number of rotatable bonds is 2. The molecule has 4 nitrogen and oxygen atoms in total. The number of hydrogen-bond acceptors (Lipinski definition) is 3. The molecule has 0 atom stereocenters. The molecule has 0 aliphatic carbocycles. The van der Waals surface area contributed by atoms with Crippen LogP contribution in [0, 0.1) is 0 Å². The highest BCUT2D eigenvalue weighted by Gasteiger charge is 2.22. The molecular formula is C9H10N2O2S. The maximum absolute atomic E-state index is 11.4. The molecule has 1 aliphatic rings. The molecule has 1 aromatic heterocycles. The van der Waals surface area contributed by atoms with Gasteiger partial charge in [0.15, 0.2) is 0 Å². The van der Waals surface area contributed by atoms with Crippen molar-refractivity contribution in [1.29, 1.82) is 0 Å². The number of thiophene rings is 1. The lowest BCUT2D eigenvalue weighted by atomic mass is 10.2. The Hall–Kier alpha value is -1.36. The van der Waals surface area contributed by atoms with Crippen LogP contribution in [0.1, 0.15) is 5.56 Å². The van der Waals surface area contributed by atoms with Crippen LogP contribution < -0.4 is 5.32 Å². The zero-order valence-corrected chi connectivity index (χ0v) is 8.34. The molecule has 2 heterocycles. The van der Waals surface area contributed by atoms with E-state index < -0.39 is 0 Å². The fourth-order valence-electron chi connectivity index (χ4n) is 1.35. The van der Waals surface area contributed by atoms with Crippen molar-refractivity contribution in [1.82, 2.24) is 10.2 Å². The van der Waals surface area contributed by atoms with E-state index in [9.17, 15) is 9.59 Å². The first kappa shape index (κ1) is 9.21. The van der Waals surface area contributed by atoms with Crippen LogP contribution in [0.3, 0.4) is 0 Å². The summed E-state index contributed by atoms with van der Waals surface area (Å²) in [6.07, 6.45) is 0. The standard InChI is InChI=1S/C9H10N2O2S/c12-8-5-11(9(13)3-10-8)4-7-1-2-14-6-7/h1-2,6H,3-5H2,(H,10,12). The molecule has 14 heavy (non-hydrogen) atoms. The Kier molecular flexibility index (Phi) is 2.49. The second kappa shape index (κ2) is 3.79. The van der Waals surface area contributed by atoms with Crippen LogP contribution in [-0.4, -0.2) is 29.8 Å². The number of amides is 2. The number of carbonyl (C=O) groups is 2. The van der Waals surface area contributed by atoms with Gasteiger partial charge in [-0.15, -0.1) is 0 Å². The molecule has 2 rings (SSSR count). The van der Waals surface area contributed by atoms with Crippen molar-refractivity contribution in [3.05, 3.63) is 22.4 Å². The fraction of sp³-hybridized carbons (Fsp3) is 0.333. The van der Waals surface area contributed by atoms with Gasteiger partial charge in [-0.25, -0.2) is 0 Å². The van der Waals surface area contributed by atoms with E-state index in [2.05, 4.69) is 5.32 Å². The molecule has 1 saturated heterocycles. The molecule has 5 heteroatoms. The first-order chi connectivity index (χ1) is 6.75. The first-order valence-electron chi connectivity index (χ1n) is 4.31. The summed E-state index contributed by atoms with van der Waals surface area (Å²) in [5.74, 6) is -0.101. The third-order valence-corrected chi connectivity index (χ3v) is 2.81. The van der Waals surface area contributed by atoms with Crippen molar-refractivity contribution >= 4 is 23.2 Å². The van der Waals surface area contributed by atoms with Crippen LogP contribution in [0.25, 0.3) is 0 Å². The molecule has 1 aliphatic heterocycles. The Balaban J connectivity index is 2.02. The summed E-state index contributed by atoms with van der Waals surface area (Å²) >= 11 is 1.59. The summed E-state index contributed by atoms with van der Waals surface area (Å²) in [7, 11) is 0. The minimum atomic E-state index is -0.0835. The number of nitrogens with one attached hydrogen (secondary N) is 1. The van der Waals surface area contributed by atoms with Crippen molar-refractivity contribution in [2.45, 2.75) is 6.54 Å². The average Bonchev–Trinajstić information content (AvgIpc) is 2.64. The van der Waals surface area contributed by atoms with Crippen molar-refractivity contribution in [3.63, 3.8) is 0 Å². The monoisotopic (exact) mass is 210 g/mol. The number of piperazine rings is 1. The molecule has 0 aromatic carbocycles. The Bertz CT molecular complexity index is 348.